The normalized spacial score (nSPS) is 14.4. The van der Waals surface area contributed by atoms with E-state index in [9.17, 15) is 18.3 Å². The van der Waals surface area contributed by atoms with Crippen molar-refractivity contribution in [3.8, 4) is 5.75 Å². The van der Waals surface area contributed by atoms with Crippen molar-refractivity contribution in [3.05, 3.63) is 29.8 Å². The molecule has 0 bridgehead atoms. The van der Waals surface area contributed by atoms with Crippen LogP contribution in [0.5, 0.6) is 5.75 Å². The number of aliphatic hydroxyl groups excluding tert-OH is 1. The molecule has 0 spiro atoms. The molecule has 0 amide bonds. The number of methoxy groups -OCH3 is 1. The summed E-state index contributed by atoms with van der Waals surface area (Å²) >= 11 is 0. The minimum atomic E-state index is -4.80. The molecule has 0 saturated heterocycles. The number of ether oxygens (including phenoxy) is 2. The second kappa shape index (κ2) is 5.16. The molecule has 1 aromatic carbocycles. The van der Waals surface area contributed by atoms with Crippen molar-refractivity contribution in [2.45, 2.75) is 31.9 Å². The fourth-order valence-corrected chi connectivity index (χ4v) is 1.41. The van der Waals surface area contributed by atoms with Crippen LogP contribution in [-0.2, 0) is 4.74 Å². The molecule has 0 saturated carbocycles. The van der Waals surface area contributed by atoms with E-state index >= 15 is 0 Å². The van der Waals surface area contributed by atoms with Gasteiger partial charge in [-0.1, -0.05) is 18.2 Å². The Labute approximate surface area is 103 Å². The highest BCUT2D eigenvalue weighted by Gasteiger charge is 2.36. The fourth-order valence-electron chi connectivity index (χ4n) is 1.41. The van der Waals surface area contributed by atoms with E-state index in [0.29, 0.717) is 0 Å². The molecule has 18 heavy (non-hydrogen) atoms. The van der Waals surface area contributed by atoms with E-state index in [1.807, 2.05) is 0 Å². The van der Waals surface area contributed by atoms with Crippen LogP contribution in [0.3, 0.4) is 0 Å². The Morgan fingerprint density at radius 3 is 2.22 bits per heavy atom. The lowest BCUT2D eigenvalue weighted by Crippen LogP contribution is -2.32. The third-order valence-electron chi connectivity index (χ3n) is 2.62. The van der Waals surface area contributed by atoms with Crippen LogP contribution in [0.2, 0.25) is 0 Å². The second-order valence-corrected chi connectivity index (χ2v) is 4.30. The lowest BCUT2D eigenvalue weighted by molar-refractivity contribution is -0.275. The summed E-state index contributed by atoms with van der Waals surface area (Å²) in [5.74, 6) is -0.428. The largest absolute Gasteiger partial charge is 0.573 e. The molecule has 0 radical (unpaired) electrons. The number of hydrogen-bond donors (Lipinski definition) is 1. The van der Waals surface area contributed by atoms with E-state index in [4.69, 9.17) is 4.74 Å². The van der Waals surface area contributed by atoms with Gasteiger partial charge in [-0.3, -0.25) is 0 Å². The first-order valence-corrected chi connectivity index (χ1v) is 5.25. The maximum Gasteiger partial charge on any atom is 0.573 e. The predicted molar refractivity (Wildman–Crippen MR) is 59.2 cm³/mol. The number of alkyl halides is 3. The van der Waals surface area contributed by atoms with Crippen molar-refractivity contribution in [1.82, 2.24) is 0 Å². The van der Waals surface area contributed by atoms with Gasteiger partial charge in [0.05, 0.1) is 5.60 Å². The summed E-state index contributed by atoms with van der Waals surface area (Å²) in [6, 6.07) is 5.44. The van der Waals surface area contributed by atoms with Gasteiger partial charge in [0.25, 0.3) is 0 Å². The highest BCUT2D eigenvalue weighted by atomic mass is 19.4. The molecule has 1 aromatic rings. The van der Waals surface area contributed by atoms with E-state index in [2.05, 4.69) is 4.74 Å². The number of aliphatic hydroxyl groups is 1. The third-order valence-corrected chi connectivity index (χ3v) is 2.62. The molecule has 6 heteroatoms. The maximum atomic E-state index is 12.2. The number of rotatable bonds is 4. The van der Waals surface area contributed by atoms with Gasteiger partial charge in [0.1, 0.15) is 11.9 Å². The molecular formula is C12H15F3O3. The summed E-state index contributed by atoms with van der Waals surface area (Å²) in [7, 11) is 1.37. The van der Waals surface area contributed by atoms with E-state index in [0.717, 1.165) is 6.07 Å². The summed E-state index contributed by atoms with van der Waals surface area (Å²) in [5, 5.41) is 10.1. The summed E-state index contributed by atoms with van der Waals surface area (Å²) in [4.78, 5) is 0. The molecule has 0 heterocycles. The molecular weight excluding hydrogens is 249 g/mol. The van der Waals surface area contributed by atoms with Crippen LogP contribution in [0.15, 0.2) is 24.3 Å². The van der Waals surface area contributed by atoms with E-state index in [-0.39, 0.29) is 5.56 Å². The number of halogens is 3. The van der Waals surface area contributed by atoms with Crippen molar-refractivity contribution >= 4 is 0 Å². The average Bonchev–Trinajstić information content (AvgIpc) is 2.26. The van der Waals surface area contributed by atoms with Gasteiger partial charge in [-0.15, -0.1) is 13.2 Å². The highest BCUT2D eigenvalue weighted by molar-refractivity contribution is 5.36. The van der Waals surface area contributed by atoms with Crippen molar-refractivity contribution in [1.29, 1.82) is 0 Å². The van der Waals surface area contributed by atoms with Crippen molar-refractivity contribution in [2.24, 2.45) is 0 Å². The molecule has 1 unspecified atom stereocenters. The summed E-state index contributed by atoms with van der Waals surface area (Å²) < 4.78 is 45.6. The molecule has 0 fully saturated rings. The molecule has 102 valence electrons. The summed E-state index contributed by atoms with van der Waals surface area (Å²) in [6.07, 6.45) is -6.03. The first-order valence-electron chi connectivity index (χ1n) is 5.25. The zero-order valence-electron chi connectivity index (χ0n) is 10.3. The summed E-state index contributed by atoms with van der Waals surface area (Å²) in [5.41, 5.74) is -0.993. The minimum absolute atomic E-state index is 0.0293. The summed E-state index contributed by atoms with van der Waals surface area (Å²) in [6.45, 7) is 3.14. The lowest BCUT2D eigenvalue weighted by atomic mass is 9.94. The fraction of sp³-hybridized carbons (Fsp3) is 0.500. The lowest BCUT2D eigenvalue weighted by Gasteiger charge is -2.30. The van der Waals surface area contributed by atoms with Gasteiger partial charge >= 0.3 is 6.36 Å². The number of para-hydroxylation sites is 1. The molecule has 1 atom stereocenters. The second-order valence-electron chi connectivity index (χ2n) is 4.30. The van der Waals surface area contributed by atoms with Crippen LogP contribution >= 0.6 is 0 Å². The molecule has 0 aromatic heterocycles. The van der Waals surface area contributed by atoms with E-state index < -0.39 is 23.8 Å². The Hall–Kier alpha value is -1.27. The molecule has 1 N–H and O–H groups in total. The standard InChI is InChI=1S/C12H15F3O3/c1-11(2,17-3)10(16)8-6-4-5-7-9(8)18-12(13,14)15/h4-7,10,16H,1-3H3. The Bertz CT molecular complexity index is 402. The zero-order chi connectivity index (χ0) is 14.0. The molecule has 0 aliphatic rings. The quantitative estimate of drug-likeness (QED) is 0.908. The number of hydrogen-bond acceptors (Lipinski definition) is 3. The van der Waals surface area contributed by atoms with Crippen LogP contribution in [-0.4, -0.2) is 24.2 Å². The first kappa shape index (κ1) is 14.8. The Morgan fingerprint density at radius 1 is 1.17 bits per heavy atom. The van der Waals surface area contributed by atoms with Crippen LogP contribution < -0.4 is 4.74 Å². The van der Waals surface area contributed by atoms with Gasteiger partial charge in [-0.05, 0) is 19.9 Å². The monoisotopic (exact) mass is 264 g/mol. The van der Waals surface area contributed by atoms with E-state index in [1.54, 1.807) is 13.8 Å². The third kappa shape index (κ3) is 3.61. The van der Waals surface area contributed by atoms with Crippen molar-refractivity contribution in [2.75, 3.05) is 7.11 Å². The topological polar surface area (TPSA) is 38.7 Å². The van der Waals surface area contributed by atoms with Gasteiger partial charge in [-0.25, -0.2) is 0 Å². The Balaban J connectivity index is 3.09. The zero-order valence-corrected chi connectivity index (χ0v) is 10.3. The van der Waals surface area contributed by atoms with Gasteiger partial charge in [-0.2, -0.15) is 0 Å². The van der Waals surface area contributed by atoms with Gasteiger partial charge in [0, 0.05) is 12.7 Å². The molecule has 0 aliphatic carbocycles. The van der Waals surface area contributed by atoms with Gasteiger partial charge in [0.15, 0.2) is 0 Å². The Morgan fingerprint density at radius 2 is 1.72 bits per heavy atom. The van der Waals surface area contributed by atoms with Crippen LogP contribution in [0, 0.1) is 0 Å². The molecule has 1 rings (SSSR count). The van der Waals surface area contributed by atoms with Crippen molar-refractivity contribution < 1.29 is 27.8 Å². The van der Waals surface area contributed by atoms with Gasteiger partial charge in [0.2, 0.25) is 0 Å². The van der Waals surface area contributed by atoms with Crippen LogP contribution in [0.1, 0.15) is 25.5 Å². The number of benzene rings is 1. The average molecular weight is 264 g/mol. The molecule has 0 aliphatic heterocycles. The SMILES string of the molecule is COC(C)(C)C(O)c1ccccc1OC(F)(F)F. The Kier molecular flexibility index (Phi) is 4.24. The van der Waals surface area contributed by atoms with E-state index in [1.165, 1.54) is 25.3 Å². The maximum absolute atomic E-state index is 12.2. The predicted octanol–water partition coefficient (Wildman–Crippen LogP) is 3.04. The smallest absolute Gasteiger partial charge is 0.405 e. The van der Waals surface area contributed by atoms with Crippen LogP contribution in [0.25, 0.3) is 0 Å². The van der Waals surface area contributed by atoms with Crippen LogP contribution in [0.4, 0.5) is 13.2 Å². The highest BCUT2D eigenvalue weighted by Crippen LogP contribution is 2.36. The molecule has 3 nitrogen and oxygen atoms in total. The minimum Gasteiger partial charge on any atom is -0.405 e. The first-order chi connectivity index (χ1) is 8.17. The van der Waals surface area contributed by atoms with Gasteiger partial charge < -0.3 is 14.6 Å². The van der Waals surface area contributed by atoms with Crippen molar-refractivity contribution in [3.63, 3.8) is 0 Å².